The molecule has 32 heavy (non-hydrogen) atoms. The van der Waals surface area contributed by atoms with Crippen LogP contribution in [0.15, 0.2) is 59.6 Å². The van der Waals surface area contributed by atoms with Crippen LogP contribution in [-0.4, -0.2) is 41.5 Å². The van der Waals surface area contributed by atoms with Crippen LogP contribution < -0.4 is 4.72 Å². The molecule has 0 fully saturated rings. The predicted molar refractivity (Wildman–Crippen MR) is 115 cm³/mol. The summed E-state index contributed by atoms with van der Waals surface area (Å²) in [5, 5.41) is 17.6. The van der Waals surface area contributed by atoms with Crippen molar-refractivity contribution in [1.82, 2.24) is 20.0 Å². The van der Waals surface area contributed by atoms with Crippen molar-refractivity contribution in [2.24, 2.45) is 0 Å². The lowest BCUT2D eigenvalue weighted by molar-refractivity contribution is 0.0600. The van der Waals surface area contributed by atoms with Crippen LogP contribution in [0.2, 0.25) is 5.02 Å². The molecule has 0 radical (unpaired) electrons. The number of nitriles is 1. The first-order chi connectivity index (χ1) is 15.3. The van der Waals surface area contributed by atoms with Gasteiger partial charge in [0.05, 0.1) is 29.6 Å². The van der Waals surface area contributed by atoms with Gasteiger partial charge in [0.15, 0.2) is 0 Å². The molecule has 0 aliphatic carbocycles. The van der Waals surface area contributed by atoms with E-state index < -0.39 is 16.0 Å². The zero-order valence-corrected chi connectivity index (χ0v) is 17.9. The highest BCUT2D eigenvalue weighted by molar-refractivity contribution is 7.92. The Morgan fingerprint density at radius 1 is 1.22 bits per heavy atom. The molecular formula is C20H13ClN6O4S. The number of methoxy groups -OCH3 is 1. The van der Waals surface area contributed by atoms with Crippen LogP contribution >= 0.6 is 11.6 Å². The monoisotopic (exact) mass is 468 g/mol. The highest BCUT2D eigenvalue weighted by Gasteiger charge is 2.23. The number of carbonyl (C=O) groups is 1. The lowest BCUT2D eigenvalue weighted by Crippen LogP contribution is -2.16. The summed E-state index contributed by atoms with van der Waals surface area (Å²) < 4.78 is 34.8. The second kappa shape index (κ2) is 8.26. The fraction of sp³-hybridized carbons (Fsp3) is 0.0500. The van der Waals surface area contributed by atoms with Crippen LogP contribution in [-0.2, 0) is 14.8 Å². The number of halogens is 1. The number of nitrogens with one attached hydrogen (secondary N) is 1. The Morgan fingerprint density at radius 2 is 2.03 bits per heavy atom. The molecular weight excluding hydrogens is 456 g/mol. The van der Waals surface area contributed by atoms with Gasteiger partial charge in [0.1, 0.15) is 16.5 Å². The summed E-state index contributed by atoms with van der Waals surface area (Å²) in [6.07, 6.45) is 1.54. The molecule has 160 valence electrons. The lowest BCUT2D eigenvalue weighted by Gasteiger charge is -2.13. The number of ether oxygens (including phenoxy) is 1. The molecule has 0 bridgehead atoms. The van der Waals surface area contributed by atoms with Crippen molar-refractivity contribution in [2.45, 2.75) is 4.90 Å². The number of esters is 1. The highest BCUT2D eigenvalue weighted by atomic mass is 35.5. The predicted octanol–water partition coefficient (Wildman–Crippen LogP) is 2.93. The third-order valence-corrected chi connectivity index (χ3v) is 6.12. The molecule has 0 aliphatic heterocycles. The van der Waals surface area contributed by atoms with E-state index in [1.54, 1.807) is 18.3 Å². The van der Waals surface area contributed by atoms with Gasteiger partial charge >= 0.3 is 5.97 Å². The van der Waals surface area contributed by atoms with Gasteiger partial charge in [0.25, 0.3) is 10.0 Å². The molecule has 4 aromatic rings. The molecule has 10 nitrogen and oxygen atoms in total. The van der Waals surface area contributed by atoms with Crippen molar-refractivity contribution in [3.05, 3.63) is 70.9 Å². The van der Waals surface area contributed by atoms with Gasteiger partial charge in [-0.25, -0.2) is 22.9 Å². The van der Waals surface area contributed by atoms with Crippen molar-refractivity contribution >= 4 is 44.4 Å². The van der Waals surface area contributed by atoms with Crippen molar-refractivity contribution in [3.63, 3.8) is 0 Å². The van der Waals surface area contributed by atoms with Crippen LogP contribution in [0.5, 0.6) is 0 Å². The van der Waals surface area contributed by atoms with Crippen molar-refractivity contribution in [3.8, 4) is 11.8 Å². The Morgan fingerprint density at radius 3 is 2.78 bits per heavy atom. The average Bonchev–Trinajstić information content (AvgIpc) is 3.22. The molecule has 4 rings (SSSR count). The topological polar surface area (TPSA) is 140 Å². The van der Waals surface area contributed by atoms with E-state index >= 15 is 0 Å². The Kier molecular flexibility index (Phi) is 5.48. The van der Waals surface area contributed by atoms with Crippen molar-refractivity contribution in [2.75, 3.05) is 11.8 Å². The van der Waals surface area contributed by atoms with Gasteiger partial charge in [-0.3, -0.25) is 4.72 Å². The maximum atomic E-state index is 13.2. The van der Waals surface area contributed by atoms with Gasteiger partial charge in [-0.05, 0) is 48.5 Å². The average molecular weight is 469 g/mol. The molecule has 0 atom stereocenters. The van der Waals surface area contributed by atoms with Gasteiger partial charge in [-0.1, -0.05) is 16.8 Å². The zero-order chi connectivity index (χ0) is 22.9. The third kappa shape index (κ3) is 3.84. The number of benzene rings is 2. The van der Waals surface area contributed by atoms with Crippen LogP contribution in [0.25, 0.3) is 16.9 Å². The number of fused-ring (bicyclic) bond motifs is 1. The molecule has 2 heterocycles. The number of rotatable bonds is 5. The van der Waals surface area contributed by atoms with Crippen LogP contribution in [0.4, 0.5) is 5.69 Å². The smallest absolute Gasteiger partial charge is 0.339 e. The first-order valence-corrected chi connectivity index (χ1v) is 10.8. The van der Waals surface area contributed by atoms with Gasteiger partial charge in [0.2, 0.25) is 5.65 Å². The number of nitrogens with zero attached hydrogens (tertiary/aromatic N) is 5. The SMILES string of the molecule is COC(=O)c1ccc(NS(=O)(=O)c2ccc(Cl)cc2-n2nnc3ncccc32)cc1C#N. The van der Waals surface area contributed by atoms with Crippen molar-refractivity contribution in [1.29, 1.82) is 5.26 Å². The maximum absolute atomic E-state index is 13.2. The molecule has 0 aliphatic rings. The summed E-state index contributed by atoms with van der Waals surface area (Å²) in [5.41, 5.74) is 1.04. The zero-order valence-electron chi connectivity index (χ0n) is 16.4. The molecule has 1 N–H and O–H groups in total. The van der Waals surface area contributed by atoms with E-state index in [0.717, 1.165) is 0 Å². The van der Waals surface area contributed by atoms with Crippen LogP contribution in [0.3, 0.4) is 0 Å². The number of sulfonamides is 1. The summed E-state index contributed by atoms with van der Waals surface area (Å²) in [4.78, 5) is 15.7. The fourth-order valence-corrected chi connectivity index (χ4v) is 4.41. The largest absolute Gasteiger partial charge is 0.465 e. The highest BCUT2D eigenvalue weighted by Crippen LogP contribution is 2.28. The van der Waals surface area contributed by atoms with E-state index in [2.05, 4.69) is 24.8 Å². The van der Waals surface area contributed by atoms with E-state index in [1.807, 2.05) is 6.07 Å². The van der Waals surface area contributed by atoms with E-state index in [0.29, 0.717) is 16.2 Å². The number of hydrogen-bond donors (Lipinski definition) is 1. The summed E-state index contributed by atoms with van der Waals surface area (Å²) in [5.74, 6) is -0.706. The lowest BCUT2D eigenvalue weighted by atomic mass is 10.1. The molecule has 2 aromatic carbocycles. The number of aromatic nitrogens is 4. The molecule has 0 saturated carbocycles. The van der Waals surface area contributed by atoms with Crippen molar-refractivity contribution < 1.29 is 17.9 Å². The second-order valence-electron chi connectivity index (χ2n) is 6.43. The normalized spacial score (nSPS) is 11.2. The molecule has 2 aromatic heterocycles. The van der Waals surface area contributed by atoms with E-state index in [9.17, 15) is 18.5 Å². The second-order valence-corrected chi connectivity index (χ2v) is 8.52. The van der Waals surface area contributed by atoms with E-state index in [-0.39, 0.29) is 27.4 Å². The third-order valence-electron chi connectivity index (χ3n) is 4.46. The van der Waals surface area contributed by atoms with Gasteiger partial charge in [-0.15, -0.1) is 5.10 Å². The first-order valence-electron chi connectivity index (χ1n) is 8.95. The summed E-state index contributed by atoms with van der Waals surface area (Å²) in [7, 11) is -2.98. The van der Waals surface area contributed by atoms with E-state index in [4.69, 9.17) is 11.6 Å². The molecule has 0 spiro atoms. The summed E-state index contributed by atoms with van der Waals surface area (Å²) >= 11 is 6.12. The molecule has 0 saturated heterocycles. The van der Waals surface area contributed by atoms with Crippen LogP contribution in [0.1, 0.15) is 15.9 Å². The maximum Gasteiger partial charge on any atom is 0.339 e. The number of carbonyl (C=O) groups excluding carboxylic acids is 1. The first kappa shape index (κ1) is 21.2. The minimum atomic E-state index is -4.16. The minimum Gasteiger partial charge on any atom is -0.465 e. The Balaban J connectivity index is 1.79. The quantitative estimate of drug-likeness (QED) is 0.441. The van der Waals surface area contributed by atoms with Gasteiger partial charge < -0.3 is 4.74 Å². The van der Waals surface area contributed by atoms with Gasteiger partial charge in [0, 0.05) is 11.2 Å². The molecule has 0 amide bonds. The standard InChI is InChI=1S/C20H13ClN6O4S/c1-31-20(28)15-6-5-14(9-12(15)11-22)25-32(29,30)18-7-4-13(21)10-17(18)27-16-3-2-8-23-19(16)24-26-27/h2-10,25H,1H3. The number of pyridine rings is 1. The van der Waals surface area contributed by atoms with Gasteiger partial charge in [-0.2, -0.15) is 5.26 Å². The number of anilines is 1. The minimum absolute atomic E-state index is 0.0201. The Labute approximate surface area is 187 Å². The Hall–Kier alpha value is -4.01. The van der Waals surface area contributed by atoms with Crippen LogP contribution in [0, 0.1) is 11.3 Å². The fourth-order valence-electron chi connectivity index (χ4n) is 3.03. The molecule has 12 heteroatoms. The summed E-state index contributed by atoms with van der Waals surface area (Å²) in [6, 6.07) is 13.3. The Bertz CT molecular complexity index is 1510. The number of hydrogen-bond acceptors (Lipinski definition) is 8. The molecule has 0 unspecified atom stereocenters. The van der Waals surface area contributed by atoms with E-state index in [1.165, 1.54) is 48.2 Å². The summed E-state index contributed by atoms with van der Waals surface area (Å²) in [6.45, 7) is 0.